The fourth-order valence-electron chi connectivity index (χ4n) is 3.96. The van der Waals surface area contributed by atoms with Gasteiger partial charge in [-0.2, -0.15) is 0 Å². The molecule has 1 aliphatic heterocycles. The largest absolute Gasteiger partial charge is 0.489 e. The van der Waals surface area contributed by atoms with E-state index < -0.39 is 0 Å². The van der Waals surface area contributed by atoms with Gasteiger partial charge in [-0.05, 0) is 37.3 Å². The van der Waals surface area contributed by atoms with Gasteiger partial charge in [-0.1, -0.05) is 51.2 Å². The first-order valence-corrected chi connectivity index (χ1v) is 8.61. The second kappa shape index (κ2) is 6.64. The van der Waals surface area contributed by atoms with Crippen LogP contribution in [-0.4, -0.2) is 11.9 Å². The van der Waals surface area contributed by atoms with Crippen LogP contribution in [0.4, 0.5) is 0 Å². The third-order valence-electron chi connectivity index (χ3n) is 5.13. The van der Waals surface area contributed by atoms with E-state index in [1.165, 1.54) is 32.1 Å². The van der Waals surface area contributed by atoms with Gasteiger partial charge in [0.15, 0.2) is 5.78 Å². The molecular formula is C19H26O2. The van der Waals surface area contributed by atoms with Crippen molar-refractivity contribution in [2.75, 3.05) is 0 Å². The van der Waals surface area contributed by atoms with E-state index in [0.29, 0.717) is 11.7 Å². The number of Topliss-reactive ketones (excluding diaryl/α,β-unsaturated/α-hetero) is 1. The van der Waals surface area contributed by atoms with Crippen LogP contribution >= 0.6 is 0 Å². The van der Waals surface area contributed by atoms with Crippen LogP contribution in [0, 0.1) is 11.8 Å². The van der Waals surface area contributed by atoms with Crippen LogP contribution in [-0.2, 0) is 0 Å². The van der Waals surface area contributed by atoms with Crippen molar-refractivity contribution in [2.24, 2.45) is 11.8 Å². The molecule has 0 aromatic heterocycles. The first kappa shape index (κ1) is 14.6. The smallest absolute Gasteiger partial charge is 0.173 e. The van der Waals surface area contributed by atoms with Gasteiger partial charge in [0.25, 0.3) is 0 Å². The summed E-state index contributed by atoms with van der Waals surface area (Å²) in [5.74, 6) is 1.77. The van der Waals surface area contributed by atoms with Crippen LogP contribution in [0.1, 0.15) is 68.6 Å². The molecule has 0 spiro atoms. The van der Waals surface area contributed by atoms with Gasteiger partial charge < -0.3 is 4.74 Å². The lowest BCUT2D eigenvalue weighted by Gasteiger charge is -2.39. The molecule has 114 valence electrons. The molecule has 3 rings (SSSR count). The molecule has 1 fully saturated rings. The molecule has 0 radical (unpaired) electrons. The summed E-state index contributed by atoms with van der Waals surface area (Å²) >= 11 is 0. The summed E-state index contributed by atoms with van der Waals surface area (Å²) in [5.41, 5.74) is 0.797. The molecule has 0 saturated heterocycles. The lowest BCUT2D eigenvalue weighted by Crippen LogP contribution is -2.43. The minimum absolute atomic E-state index is 0.0722. The SMILES string of the molecule is CCCC[C@H]1C(=O)c2ccccc2O[C@H]1C1CCCCC1. The molecule has 0 bridgehead atoms. The van der Waals surface area contributed by atoms with E-state index in [4.69, 9.17) is 4.74 Å². The number of unbranched alkanes of at least 4 members (excludes halogenated alkanes) is 1. The zero-order chi connectivity index (χ0) is 14.7. The Labute approximate surface area is 127 Å². The number of ketones is 1. The molecule has 2 nitrogen and oxygen atoms in total. The number of carbonyl (C=O) groups excluding carboxylic acids is 1. The number of ether oxygens (including phenoxy) is 1. The van der Waals surface area contributed by atoms with Crippen molar-refractivity contribution >= 4 is 5.78 Å². The average molecular weight is 286 g/mol. The fourth-order valence-corrected chi connectivity index (χ4v) is 3.96. The minimum Gasteiger partial charge on any atom is -0.489 e. The lowest BCUT2D eigenvalue weighted by molar-refractivity contribution is 0.0324. The molecule has 0 amide bonds. The monoisotopic (exact) mass is 286 g/mol. The Morgan fingerprint density at radius 1 is 1.14 bits per heavy atom. The standard InChI is InChI=1S/C19H26O2/c1-2-3-11-16-18(20)15-12-7-8-13-17(15)21-19(16)14-9-5-4-6-10-14/h7-8,12-14,16,19H,2-6,9-11H2,1H3/t16-,19-/m0/s1. The second-order valence-corrected chi connectivity index (χ2v) is 6.59. The maximum absolute atomic E-state index is 12.9. The fraction of sp³-hybridized carbons (Fsp3) is 0.632. The number of benzene rings is 1. The molecule has 2 aliphatic rings. The molecule has 1 aromatic rings. The van der Waals surface area contributed by atoms with Crippen LogP contribution in [0.25, 0.3) is 0 Å². The summed E-state index contributed by atoms with van der Waals surface area (Å²) in [5, 5.41) is 0. The molecular weight excluding hydrogens is 260 g/mol. The lowest BCUT2D eigenvalue weighted by atomic mass is 9.75. The van der Waals surface area contributed by atoms with Crippen molar-refractivity contribution in [3.8, 4) is 5.75 Å². The summed E-state index contributed by atoms with van der Waals surface area (Å²) < 4.78 is 6.33. The quantitative estimate of drug-likeness (QED) is 0.777. The first-order chi connectivity index (χ1) is 10.3. The molecule has 2 heteroatoms. The Bertz CT molecular complexity index is 488. The van der Waals surface area contributed by atoms with Crippen LogP contribution in [0.15, 0.2) is 24.3 Å². The van der Waals surface area contributed by atoms with Crippen molar-refractivity contribution in [3.63, 3.8) is 0 Å². The van der Waals surface area contributed by atoms with E-state index in [-0.39, 0.29) is 12.0 Å². The normalized spacial score (nSPS) is 26.2. The molecule has 21 heavy (non-hydrogen) atoms. The first-order valence-electron chi connectivity index (χ1n) is 8.61. The van der Waals surface area contributed by atoms with E-state index in [0.717, 1.165) is 30.6 Å². The molecule has 2 atom stereocenters. The van der Waals surface area contributed by atoms with Gasteiger partial charge in [0.2, 0.25) is 0 Å². The van der Waals surface area contributed by atoms with Gasteiger partial charge in [0.1, 0.15) is 11.9 Å². The summed E-state index contributed by atoms with van der Waals surface area (Å²) in [6, 6.07) is 7.79. The third-order valence-corrected chi connectivity index (χ3v) is 5.13. The van der Waals surface area contributed by atoms with Crippen molar-refractivity contribution < 1.29 is 9.53 Å². The Morgan fingerprint density at radius 3 is 2.67 bits per heavy atom. The number of rotatable bonds is 4. The highest BCUT2D eigenvalue weighted by molar-refractivity contribution is 6.01. The third kappa shape index (κ3) is 3.00. The van der Waals surface area contributed by atoms with E-state index in [9.17, 15) is 4.79 Å². The summed E-state index contributed by atoms with van der Waals surface area (Å²) in [6.45, 7) is 2.19. The van der Waals surface area contributed by atoms with E-state index in [1.807, 2.05) is 24.3 Å². The maximum Gasteiger partial charge on any atom is 0.173 e. The predicted octanol–water partition coefficient (Wildman–Crippen LogP) is 5.02. The van der Waals surface area contributed by atoms with Crippen LogP contribution in [0.5, 0.6) is 5.75 Å². The van der Waals surface area contributed by atoms with Crippen LogP contribution < -0.4 is 4.74 Å². The van der Waals surface area contributed by atoms with Gasteiger partial charge in [-0.3, -0.25) is 4.79 Å². The maximum atomic E-state index is 12.9. The number of carbonyl (C=O) groups is 1. The van der Waals surface area contributed by atoms with Crippen molar-refractivity contribution in [1.82, 2.24) is 0 Å². The average Bonchev–Trinajstić information content (AvgIpc) is 2.55. The number of fused-ring (bicyclic) bond motifs is 1. The Hall–Kier alpha value is -1.31. The summed E-state index contributed by atoms with van der Waals surface area (Å²) in [7, 11) is 0. The highest BCUT2D eigenvalue weighted by atomic mass is 16.5. The Balaban J connectivity index is 1.87. The van der Waals surface area contributed by atoms with Crippen LogP contribution in [0.3, 0.4) is 0 Å². The summed E-state index contributed by atoms with van der Waals surface area (Å²) in [6.07, 6.45) is 9.72. The predicted molar refractivity (Wildman–Crippen MR) is 84.8 cm³/mol. The van der Waals surface area contributed by atoms with Gasteiger partial charge in [0.05, 0.1) is 11.5 Å². The molecule has 1 heterocycles. The van der Waals surface area contributed by atoms with Crippen molar-refractivity contribution in [3.05, 3.63) is 29.8 Å². The van der Waals surface area contributed by atoms with Crippen molar-refractivity contribution in [2.45, 2.75) is 64.4 Å². The van der Waals surface area contributed by atoms with Crippen LogP contribution in [0.2, 0.25) is 0 Å². The minimum atomic E-state index is 0.0722. The van der Waals surface area contributed by atoms with Gasteiger partial charge in [0, 0.05) is 0 Å². The summed E-state index contributed by atoms with van der Waals surface area (Å²) in [4.78, 5) is 12.9. The number of para-hydroxylation sites is 1. The molecule has 1 aliphatic carbocycles. The molecule has 1 saturated carbocycles. The Morgan fingerprint density at radius 2 is 1.90 bits per heavy atom. The molecule has 1 aromatic carbocycles. The highest BCUT2D eigenvalue weighted by Crippen LogP contribution is 2.40. The number of hydrogen-bond donors (Lipinski definition) is 0. The topological polar surface area (TPSA) is 26.3 Å². The molecule has 0 N–H and O–H groups in total. The molecule has 0 unspecified atom stereocenters. The van der Waals surface area contributed by atoms with E-state index in [1.54, 1.807) is 0 Å². The number of hydrogen-bond acceptors (Lipinski definition) is 2. The van der Waals surface area contributed by atoms with Gasteiger partial charge in [-0.25, -0.2) is 0 Å². The van der Waals surface area contributed by atoms with Gasteiger partial charge >= 0.3 is 0 Å². The van der Waals surface area contributed by atoms with E-state index >= 15 is 0 Å². The zero-order valence-electron chi connectivity index (χ0n) is 13.0. The second-order valence-electron chi connectivity index (χ2n) is 6.59. The zero-order valence-corrected chi connectivity index (χ0v) is 13.0. The van der Waals surface area contributed by atoms with Crippen molar-refractivity contribution in [1.29, 1.82) is 0 Å². The Kier molecular flexibility index (Phi) is 4.62. The van der Waals surface area contributed by atoms with Gasteiger partial charge in [-0.15, -0.1) is 0 Å². The van der Waals surface area contributed by atoms with E-state index in [2.05, 4.69) is 6.92 Å². The highest BCUT2D eigenvalue weighted by Gasteiger charge is 2.40.